The smallest absolute Gasteiger partial charge is 0.412 e. The van der Waals surface area contributed by atoms with Gasteiger partial charge in [-0.05, 0) is 12.5 Å². The van der Waals surface area contributed by atoms with Gasteiger partial charge < -0.3 is 19.7 Å². The highest BCUT2D eigenvalue weighted by Crippen LogP contribution is 2.42. The van der Waals surface area contributed by atoms with Crippen molar-refractivity contribution in [3.05, 3.63) is 22.7 Å². The maximum absolute atomic E-state index is 14.3. The van der Waals surface area contributed by atoms with Crippen LogP contribution in [0.3, 0.4) is 0 Å². The lowest BCUT2D eigenvalue weighted by molar-refractivity contribution is -0.140. The van der Waals surface area contributed by atoms with E-state index in [1.54, 1.807) is 0 Å². The molecule has 11 heteroatoms. The SMILES string of the molecule is CCCCCCCCCCCCCCCCCCCCCCOC(=O)Nc1ccn(C2OC(CO)C(O)C2(F)F)c(=O)n1. The number of aromatic nitrogens is 2. The molecule has 2 rings (SSSR count). The van der Waals surface area contributed by atoms with Crippen LogP contribution in [0.25, 0.3) is 0 Å². The maximum Gasteiger partial charge on any atom is 0.412 e. The van der Waals surface area contributed by atoms with Crippen LogP contribution >= 0.6 is 0 Å². The highest BCUT2D eigenvalue weighted by atomic mass is 19.3. The van der Waals surface area contributed by atoms with Gasteiger partial charge in [0.05, 0.1) is 13.2 Å². The largest absolute Gasteiger partial charge is 0.449 e. The number of alkyl halides is 2. The molecular weight excluding hydrogens is 560 g/mol. The van der Waals surface area contributed by atoms with E-state index >= 15 is 0 Å². The minimum Gasteiger partial charge on any atom is -0.449 e. The lowest BCUT2D eigenvalue weighted by Gasteiger charge is -2.21. The molecule has 0 saturated carbocycles. The number of nitrogens with zero attached hydrogens (tertiary/aromatic N) is 2. The molecule has 2 heterocycles. The number of unbranched alkanes of at least 4 members (excludes halogenated alkanes) is 19. The molecule has 9 nitrogen and oxygen atoms in total. The zero-order valence-corrected chi connectivity index (χ0v) is 26.1. The predicted octanol–water partition coefficient (Wildman–Crippen LogP) is 7.50. The number of nitrogens with one attached hydrogen (secondary N) is 1. The first-order valence-electron chi connectivity index (χ1n) is 16.7. The first kappa shape index (κ1) is 37.1. The molecule has 248 valence electrons. The van der Waals surface area contributed by atoms with Crippen molar-refractivity contribution in [3.63, 3.8) is 0 Å². The summed E-state index contributed by atoms with van der Waals surface area (Å²) in [5.41, 5.74) is -1.11. The Kier molecular flexibility index (Phi) is 18.6. The fourth-order valence-electron chi connectivity index (χ4n) is 5.44. The average molecular weight is 616 g/mol. The lowest BCUT2D eigenvalue weighted by atomic mass is 10.0. The van der Waals surface area contributed by atoms with Crippen LogP contribution in [0.4, 0.5) is 19.4 Å². The molecule has 0 aromatic carbocycles. The van der Waals surface area contributed by atoms with Gasteiger partial charge in [-0.15, -0.1) is 0 Å². The van der Waals surface area contributed by atoms with Gasteiger partial charge in [0, 0.05) is 6.20 Å². The van der Waals surface area contributed by atoms with Crippen molar-refractivity contribution in [1.82, 2.24) is 9.55 Å². The molecular formula is C32H55F2N3O6. The summed E-state index contributed by atoms with van der Waals surface area (Å²) >= 11 is 0. The first-order chi connectivity index (χ1) is 20.8. The van der Waals surface area contributed by atoms with Gasteiger partial charge in [-0.2, -0.15) is 13.8 Å². The number of halogens is 2. The van der Waals surface area contributed by atoms with E-state index < -0.39 is 42.7 Å². The third-order valence-electron chi connectivity index (χ3n) is 8.10. The Morgan fingerprint density at radius 1 is 0.907 bits per heavy atom. The van der Waals surface area contributed by atoms with Crippen molar-refractivity contribution < 1.29 is 33.3 Å². The van der Waals surface area contributed by atoms with Gasteiger partial charge >= 0.3 is 17.7 Å². The van der Waals surface area contributed by atoms with Crippen molar-refractivity contribution in [2.24, 2.45) is 0 Å². The summed E-state index contributed by atoms with van der Waals surface area (Å²) in [6.07, 6.45) is 20.0. The summed E-state index contributed by atoms with van der Waals surface area (Å²) in [5, 5.41) is 21.0. The summed E-state index contributed by atoms with van der Waals surface area (Å²) in [4.78, 5) is 27.8. The van der Waals surface area contributed by atoms with Crippen molar-refractivity contribution >= 4 is 11.9 Å². The van der Waals surface area contributed by atoms with Gasteiger partial charge in [0.25, 0.3) is 0 Å². The fraction of sp³-hybridized carbons (Fsp3) is 0.844. The number of hydrogen-bond acceptors (Lipinski definition) is 7. The van der Waals surface area contributed by atoms with Gasteiger partial charge in [0.1, 0.15) is 11.9 Å². The van der Waals surface area contributed by atoms with Crippen molar-refractivity contribution in [1.29, 1.82) is 0 Å². The topological polar surface area (TPSA) is 123 Å². The van der Waals surface area contributed by atoms with Crippen LogP contribution in [0, 0.1) is 0 Å². The normalized spacial score (nSPS) is 19.5. The molecule has 0 bridgehead atoms. The molecule has 0 radical (unpaired) electrons. The standard InChI is InChI=1S/C32H55F2N3O6/c1-2-3-4-5-6-7-8-9-10-11-12-13-14-15-16-17-18-19-20-21-24-42-31(41)36-27-22-23-37(30(40)35-27)29-32(33,34)28(39)26(25-38)43-29/h22-23,26,28-29,38-39H,2-21,24-25H2,1H3,(H,35,36,40,41). The van der Waals surface area contributed by atoms with Crippen molar-refractivity contribution in [2.75, 3.05) is 18.5 Å². The zero-order chi connectivity index (χ0) is 31.3. The predicted molar refractivity (Wildman–Crippen MR) is 163 cm³/mol. The van der Waals surface area contributed by atoms with Crippen LogP contribution in [0.2, 0.25) is 0 Å². The zero-order valence-electron chi connectivity index (χ0n) is 26.1. The van der Waals surface area contributed by atoms with E-state index in [1.165, 1.54) is 109 Å². The second-order valence-corrected chi connectivity index (χ2v) is 11.8. The Hall–Kier alpha value is -2.11. The number of ether oxygens (including phenoxy) is 2. The number of aliphatic hydroxyl groups is 2. The molecule has 3 atom stereocenters. The third-order valence-corrected chi connectivity index (χ3v) is 8.10. The molecule has 0 aliphatic carbocycles. The molecule has 3 unspecified atom stereocenters. The maximum atomic E-state index is 14.3. The number of rotatable bonds is 24. The van der Waals surface area contributed by atoms with Crippen molar-refractivity contribution in [2.45, 2.75) is 160 Å². The summed E-state index contributed by atoms with van der Waals surface area (Å²) < 4.78 is 39.1. The fourth-order valence-corrected chi connectivity index (χ4v) is 5.44. The monoisotopic (exact) mass is 615 g/mol. The van der Waals surface area contributed by atoms with Crippen LogP contribution in [0.1, 0.15) is 142 Å². The van der Waals surface area contributed by atoms with Gasteiger partial charge in [-0.25, -0.2) is 9.59 Å². The first-order valence-corrected chi connectivity index (χ1v) is 16.7. The molecule has 1 saturated heterocycles. The van der Waals surface area contributed by atoms with Crippen LogP contribution in [0.15, 0.2) is 17.1 Å². The van der Waals surface area contributed by atoms with Gasteiger partial charge in [0.15, 0.2) is 6.10 Å². The highest BCUT2D eigenvalue weighted by Gasteiger charge is 2.59. The number of amides is 1. The molecule has 1 amide bonds. The van der Waals surface area contributed by atoms with Crippen LogP contribution in [-0.2, 0) is 9.47 Å². The van der Waals surface area contributed by atoms with Gasteiger partial charge in [-0.3, -0.25) is 9.88 Å². The molecule has 1 aromatic heterocycles. The summed E-state index contributed by atoms with van der Waals surface area (Å²) in [5.74, 6) is -3.96. The Bertz CT molecular complexity index is 948. The Morgan fingerprint density at radius 3 is 1.79 bits per heavy atom. The molecule has 0 spiro atoms. The van der Waals surface area contributed by atoms with Crippen LogP contribution < -0.4 is 11.0 Å². The van der Waals surface area contributed by atoms with E-state index in [9.17, 15) is 23.5 Å². The molecule has 1 aromatic rings. The summed E-state index contributed by atoms with van der Waals surface area (Å²) in [6.45, 7) is 1.66. The van der Waals surface area contributed by atoms with E-state index in [2.05, 4.69) is 17.2 Å². The lowest BCUT2D eigenvalue weighted by Crippen LogP contribution is -2.41. The average Bonchev–Trinajstić information content (AvgIpc) is 3.21. The number of hydrogen-bond donors (Lipinski definition) is 3. The molecule has 1 fully saturated rings. The summed E-state index contributed by atoms with van der Waals surface area (Å²) in [6, 6.07) is 1.15. The van der Waals surface area contributed by atoms with Gasteiger partial charge in [-0.1, -0.05) is 129 Å². The number of carbonyl (C=O) groups is 1. The van der Waals surface area contributed by atoms with Crippen molar-refractivity contribution in [3.8, 4) is 0 Å². The van der Waals surface area contributed by atoms with E-state index in [0.717, 1.165) is 31.5 Å². The molecule has 3 N–H and O–H groups in total. The minimum absolute atomic E-state index is 0.157. The summed E-state index contributed by atoms with van der Waals surface area (Å²) in [7, 11) is 0. The Labute approximate surface area is 255 Å². The highest BCUT2D eigenvalue weighted by molar-refractivity contribution is 5.83. The minimum atomic E-state index is -3.81. The van der Waals surface area contributed by atoms with E-state index in [1.807, 2.05) is 0 Å². The second kappa shape index (κ2) is 21.6. The van der Waals surface area contributed by atoms with Gasteiger partial charge in [0.2, 0.25) is 6.23 Å². The molecule has 43 heavy (non-hydrogen) atoms. The number of anilines is 1. The molecule has 1 aliphatic rings. The quantitative estimate of drug-likeness (QED) is 0.103. The number of carbonyl (C=O) groups excluding carboxylic acids is 1. The second-order valence-electron chi connectivity index (χ2n) is 11.8. The Morgan fingerprint density at radius 2 is 1.37 bits per heavy atom. The van der Waals surface area contributed by atoms with E-state index in [4.69, 9.17) is 14.6 Å². The molecule has 1 aliphatic heterocycles. The number of aliphatic hydroxyl groups excluding tert-OH is 2. The van der Waals surface area contributed by atoms with Crippen LogP contribution in [-0.4, -0.2) is 57.2 Å². The van der Waals surface area contributed by atoms with E-state index in [-0.39, 0.29) is 12.4 Å². The van der Waals surface area contributed by atoms with E-state index in [0.29, 0.717) is 4.57 Å². The van der Waals surface area contributed by atoms with Crippen LogP contribution in [0.5, 0.6) is 0 Å². The Balaban J connectivity index is 1.42. The third kappa shape index (κ3) is 14.0.